The summed E-state index contributed by atoms with van der Waals surface area (Å²) < 4.78 is 5.23. The lowest BCUT2D eigenvalue weighted by molar-refractivity contribution is 0.371. The van der Waals surface area contributed by atoms with Crippen LogP contribution in [0.4, 0.5) is 0 Å². The number of aromatic nitrogens is 2. The minimum Gasteiger partial charge on any atom is -0.356 e. The van der Waals surface area contributed by atoms with E-state index in [0.29, 0.717) is 34.9 Å². The zero-order chi connectivity index (χ0) is 18.4. The molecular formula is C17H24Cl2IN5O. The third kappa shape index (κ3) is 6.59. The number of nitrogens with zero attached hydrogens (tertiary/aromatic N) is 3. The van der Waals surface area contributed by atoms with Gasteiger partial charge in [0.25, 0.3) is 0 Å². The van der Waals surface area contributed by atoms with Crippen LogP contribution in [0.3, 0.4) is 0 Å². The molecule has 26 heavy (non-hydrogen) atoms. The van der Waals surface area contributed by atoms with Gasteiger partial charge in [-0.05, 0) is 24.6 Å². The Bertz CT molecular complexity index is 736. The maximum atomic E-state index is 6.25. The maximum Gasteiger partial charge on any atom is 0.228 e. The molecule has 0 aliphatic carbocycles. The topological polar surface area (TPSA) is 75.3 Å². The molecule has 0 radical (unpaired) electrons. The van der Waals surface area contributed by atoms with E-state index in [4.69, 9.17) is 27.7 Å². The van der Waals surface area contributed by atoms with E-state index >= 15 is 0 Å². The summed E-state index contributed by atoms with van der Waals surface area (Å²) in [5.41, 5.74) is 0.951. The van der Waals surface area contributed by atoms with E-state index in [1.807, 2.05) is 32.9 Å². The smallest absolute Gasteiger partial charge is 0.228 e. The lowest BCUT2D eigenvalue weighted by Crippen LogP contribution is -2.39. The molecule has 1 atom stereocenters. The summed E-state index contributed by atoms with van der Waals surface area (Å²) in [6.45, 7) is 6.69. The fourth-order valence-electron chi connectivity index (χ4n) is 2.22. The number of hydrogen-bond acceptors (Lipinski definition) is 4. The average molecular weight is 512 g/mol. The number of aliphatic imine (C=N–C) groups is 1. The minimum atomic E-state index is -0.0214. The number of nitrogens with one attached hydrogen (secondary N) is 2. The van der Waals surface area contributed by atoms with Gasteiger partial charge in [-0.2, -0.15) is 4.98 Å². The normalized spacial score (nSPS) is 12.7. The Kier molecular flexibility index (Phi) is 9.67. The molecule has 6 nitrogen and oxygen atoms in total. The first-order valence-electron chi connectivity index (χ1n) is 8.15. The van der Waals surface area contributed by atoms with Crippen LogP contribution in [-0.2, 0) is 6.42 Å². The van der Waals surface area contributed by atoms with Crippen LogP contribution in [-0.4, -0.2) is 29.7 Å². The van der Waals surface area contributed by atoms with Crippen molar-refractivity contribution in [2.45, 2.75) is 39.2 Å². The van der Waals surface area contributed by atoms with Crippen LogP contribution >= 0.6 is 47.2 Å². The van der Waals surface area contributed by atoms with E-state index in [1.54, 1.807) is 13.1 Å². The summed E-state index contributed by atoms with van der Waals surface area (Å²) in [4.78, 5) is 8.58. The number of hydrogen-bond donors (Lipinski definition) is 2. The van der Waals surface area contributed by atoms with Gasteiger partial charge in [0.2, 0.25) is 5.89 Å². The van der Waals surface area contributed by atoms with E-state index < -0.39 is 0 Å². The molecule has 1 aromatic heterocycles. The van der Waals surface area contributed by atoms with Crippen LogP contribution in [0.25, 0.3) is 0 Å². The monoisotopic (exact) mass is 511 g/mol. The average Bonchev–Trinajstić information content (AvgIpc) is 3.02. The summed E-state index contributed by atoms with van der Waals surface area (Å²) in [5, 5.41) is 11.7. The Labute approximate surface area is 181 Å². The van der Waals surface area contributed by atoms with Gasteiger partial charge in [0.05, 0.1) is 6.04 Å². The van der Waals surface area contributed by atoms with E-state index in [9.17, 15) is 0 Å². The SMILES string of the molecule is CN=C(NCCc1nc(C(C)C)no1)NC(C)c1ccc(Cl)cc1Cl.I. The fourth-order valence-corrected chi connectivity index (χ4v) is 2.79. The maximum absolute atomic E-state index is 6.25. The van der Waals surface area contributed by atoms with Crippen molar-refractivity contribution in [2.75, 3.05) is 13.6 Å². The third-order valence-corrected chi connectivity index (χ3v) is 4.20. The van der Waals surface area contributed by atoms with Gasteiger partial charge < -0.3 is 15.2 Å². The van der Waals surface area contributed by atoms with Crippen LogP contribution in [0, 0.1) is 0 Å². The first kappa shape index (κ1) is 23.0. The number of rotatable bonds is 6. The largest absolute Gasteiger partial charge is 0.356 e. The van der Waals surface area contributed by atoms with Crippen molar-refractivity contribution in [3.8, 4) is 0 Å². The number of halogens is 3. The Balaban J connectivity index is 0.00000338. The van der Waals surface area contributed by atoms with Crippen molar-refractivity contribution in [3.05, 3.63) is 45.5 Å². The first-order chi connectivity index (χ1) is 11.9. The summed E-state index contributed by atoms with van der Waals surface area (Å²) in [5.74, 6) is 2.26. The molecular weight excluding hydrogens is 488 g/mol. The second kappa shape index (κ2) is 10.9. The minimum absolute atomic E-state index is 0. The highest BCUT2D eigenvalue weighted by atomic mass is 127. The highest BCUT2D eigenvalue weighted by Gasteiger charge is 2.13. The molecule has 144 valence electrons. The van der Waals surface area contributed by atoms with E-state index in [-0.39, 0.29) is 35.9 Å². The molecule has 1 heterocycles. The Morgan fingerprint density at radius 3 is 2.58 bits per heavy atom. The molecule has 2 N–H and O–H groups in total. The molecule has 0 spiro atoms. The van der Waals surface area contributed by atoms with E-state index in [2.05, 4.69) is 25.8 Å². The molecule has 0 aliphatic heterocycles. The van der Waals surface area contributed by atoms with Crippen LogP contribution < -0.4 is 10.6 Å². The molecule has 0 saturated carbocycles. The Morgan fingerprint density at radius 2 is 2.00 bits per heavy atom. The van der Waals surface area contributed by atoms with Crippen LogP contribution in [0.5, 0.6) is 0 Å². The third-order valence-electron chi connectivity index (χ3n) is 3.64. The summed E-state index contributed by atoms with van der Waals surface area (Å²) in [6.07, 6.45) is 0.622. The molecule has 0 bridgehead atoms. The molecule has 2 rings (SSSR count). The second-order valence-corrected chi connectivity index (χ2v) is 6.83. The molecule has 2 aromatic rings. The van der Waals surface area contributed by atoms with Crippen molar-refractivity contribution < 1.29 is 4.52 Å². The van der Waals surface area contributed by atoms with Crippen LogP contribution in [0.1, 0.15) is 50.0 Å². The highest BCUT2D eigenvalue weighted by Crippen LogP contribution is 2.25. The van der Waals surface area contributed by atoms with Gasteiger partial charge in [-0.25, -0.2) is 0 Å². The zero-order valence-corrected chi connectivity index (χ0v) is 19.1. The Morgan fingerprint density at radius 1 is 1.27 bits per heavy atom. The molecule has 0 fully saturated rings. The van der Waals surface area contributed by atoms with Gasteiger partial charge in [-0.1, -0.05) is 48.3 Å². The van der Waals surface area contributed by atoms with E-state index in [0.717, 1.165) is 11.4 Å². The van der Waals surface area contributed by atoms with Gasteiger partial charge in [-0.15, -0.1) is 24.0 Å². The Hall–Kier alpha value is -1.06. The van der Waals surface area contributed by atoms with E-state index in [1.165, 1.54) is 0 Å². The zero-order valence-electron chi connectivity index (χ0n) is 15.2. The van der Waals surface area contributed by atoms with Gasteiger partial charge in [0.15, 0.2) is 11.8 Å². The quantitative estimate of drug-likeness (QED) is 0.337. The number of guanidine groups is 1. The van der Waals surface area contributed by atoms with Gasteiger partial charge in [0, 0.05) is 36.0 Å². The highest BCUT2D eigenvalue weighted by molar-refractivity contribution is 14.0. The van der Waals surface area contributed by atoms with Crippen molar-refractivity contribution >= 4 is 53.1 Å². The predicted octanol–water partition coefficient (Wildman–Crippen LogP) is 4.59. The molecule has 1 unspecified atom stereocenters. The number of benzene rings is 1. The van der Waals surface area contributed by atoms with Crippen molar-refractivity contribution in [1.29, 1.82) is 0 Å². The molecule has 0 amide bonds. The van der Waals surface area contributed by atoms with Gasteiger partial charge >= 0.3 is 0 Å². The molecule has 0 saturated heterocycles. The molecule has 9 heteroatoms. The second-order valence-electron chi connectivity index (χ2n) is 5.98. The van der Waals surface area contributed by atoms with Crippen molar-refractivity contribution in [3.63, 3.8) is 0 Å². The summed E-state index contributed by atoms with van der Waals surface area (Å²) in [6, 6.07) is 5.43. The predicted molar refractivity (Wildman–Crippen MR) is 117 cm³/mol. The van der Waals surface area contributed by atoms with Gasteiger partial charge in [-0.3, -0.25) is 4.99 Å². The molecule has 1 aromatic carbocycles. The van der Waals surface area contributed by atoms with Crippen molar-refractivity contribution in [1.82, 2.24) is 20.8 Å². The van der Waals surface area contributed by atoms with Crippen LogP contribution in [0.15, 0.2) is 27.7 Å². The summed E-state index contributed by atoms with van der Waals surface area (Å²) in [7, 11) is 1.72. The van der Waals surface area contributed by atoms with Crippen LogP contribution in [0.2, 0.25) is 10.0 Å². The summed E-state index contributed by atoms with van der Waals surface area (Å²) >= 11 is 12.2. The fraction of sp³-hybridized carbons (Fsp3) is 0.471. The first-order valence-corrected chi connectivity index (χ1v) is 8.91. The molecule has 0 aliphatic rings. The standard InChI is InChI=1S/C17H23Cl2N5O.HI/c1-10(2)16-23-15(25-24-16)7-8-21-17(20-4)22-11(3)13-6-5-12(18)9-14(13)19;/h5-6,9-11H,7-8H2,1-4H3,(H2,20,21,22);1H. The van der Waals surface area contributed by atoms with Gasteiger partial charge in [0.1, 0.15) is 0 Å². The lowest BCUT2D eigenvalue weighted by Gasteiger charge is -2.19. The lowest BCUT2D eigenvalue weighted by atomic mass is 10.1. The van der Waals surface area contributed by atoms with Crippen molar-refractivity contribution in [2.24, 2.45) is 4.99 Å².